The second kappa shape index (κ2) is 10.7. The molecule has 1 aliphatic rings. The van der Waals surface area contributed by atoms with Gasteiger partial charge in [-0.15, -0.1) is 11.8 Å². The minimum atomic E-state index is -3.70. The van der Waals surface area contributed by atoms with E-state index < -0.39 is 15.9 Å². The van der Waals surface area contributed by atoms with Crippen molar-refractivity contribution < 1.29 is 18.0 Å². The Morgan fingerprint density at radius 3 is 2.42 bits per heavy atom. The van der Waals surface area contributed by atoms with Gasteiger partial charge in [0.15, 0.2) is 0 Å². The molecule has 0 aliphatic carbocycles. The molecule has 2 aromatic rings. The molecule has 0 aromatic heterocycles. The highest BCUT2D eigenvalue weighted by Crippen LogP contribution is 2.27. The van der Waals surface area contributed by atoms with Crippen molar-refractivity contribution in [1.29, 1.82) is 0 Å². The summed E-state index contributed by atoms with van der Waals surface area (Å²) in [7, 11) is -2.17. The molecule has 1 aliphatic heterocycles. The predicted octanol–water partition coefficient (Wildman–Crippen LogP) is 3.79. The molecule has 178 valence electrons. The first kappa shape index (κ1) is 25.3. The Hall–Kier alpha value is -2.36. The van der Waals surface area contributed by atoms with E-state index in [4.69, 9.17) is 0 Å². The quantitative estimate of drug-likeness (QED) is 0.598. The van der Waals surface area contributed by atoms with E-state index in [0.717, 1.165) is 11.3 Å². The first-order valence-electron chi connectivity index (χ1n) is 10.9. The highest BCUT2D eigenvalue weighted by Gasteiger charge is 2.32. The largest absolute Gasteiger partial charge is 0.332 e. The number of nitrogens with one attached hydrogen (secondary N) is 1. The molecule has 7 nitrogen and oxygen atoms in total. The lowest BCUT2D eigenvalue weighted by Crippen LogP contribution is -2.42. The maximum absolute atomic E-state index is 13.2. The van der Waals surface area contributed by atoms with Crippen LogP contribution in [0.25, 0.3) is 0 Å². The lowest BCUT2D eigenvalue weighted by molar-refractivity contribution is -0.116. The van der Waals surface area contributed by atoms with Crippen LogP contribution in [-0.4, -0.2) is 62.4 Å². The van der Waals surface area contributed by atoms with Crippen LogP contribution in [-0.2, 0) is 14.8 Å². The Kier molecular flexibility index (Phi) is 8.20. The number of anilines is 1. The van der Waals surface area contributed by atoms with Gasteiger partial charge < -0.3 is 10.2 Å². The lowest BCUT2D eigenvalue weighted by Gasteiger charge is -2.34. The van der Waals surface area contributed by atoms with Crippen LogP contribution in [0.5, 0.6) is 0 Å². The fourth-order valence-electron chi connectivity index (χ4n) is 4.19. The fourth-order valence-corrected chi connectivity index (χ4v) is 6.47. The number of carbonyl (C=O) groups is 2. The second-order valence-corrected chi connectivity index (χ2v) is 11.5. The molecule has 1 heterocycles. The summed E-state index contributed by atoms with van der Waals surface area (Å²) in [6.45, 7) is 4.90. The van der Waals surface area contributed by atoms with E-state index in [-0.39, 0.29) is 34.7 Å². The van der Waals surface area contributed by atoms with E-state index >= 15 is 0 Å². The van der Waals surface area contributed by atoms with E-state index in [1.54, 1.807) is 12.1 Å². The maximum Gasteiger partial charge on any atom is 0.254 e. The standard InChI is InChI=1S/C24H31N3O4S2/c1-17-12-18(2)15-27(14-17)33(30,31)20-9-7-8-19(13-20)24(29)26(3)16-23(28)25-21-10-5-6-11-22(21)32-4/h5-11,13,17-18H,12,14-16H2,1-4H3,(H,25,28). The van der Waals surface area contributed by atoms with E-state index in [9.17, 15) is 18.0 Å². The fraction of sp³-hybridized carbons (Fsp3) is 0.417. The highest BCUT2D eigenvalue weighted by atomic mass is 32.2. The number of sulfonamides is 1. The van der Waals surface area contributed by atoms with Crippen LogP contribution in [0.4, 0.5) is 5.69 Å². The zero-order chi connectivity index (χ0) is 24.2. The molecule has 2 amide bonds. The third-order valence-electron chi connectivity index (χ3n) is 5.66. The highest BCUT2D eigenvalue weighted by molar-refractivity contribution is 7.98. The minimum absolute atomic E-state index is 0.0985. The van der Waals surface area contributed by atoms with Crippen LogP contribution in [0.15, 0.2) is 58.3 Å². The SMILES string of the molecule is CSc1ccccc1NC(=O)CN(C)C(=O)c1cccc(S(=O)(=O)N2CC(C)CC(C)C2)c1. The Bertz CT molecular complexity index is 1110. The average molecular weight is 490 g/mol. The molecule has 0 saturated carbocycles. The minimum Gasteiger partial charge on any atom is -0.332 e. The predicted molar refractivity (Wildman–Crippen MR) is 132 cm³/mol. The smallest absolute Gasteiger partial charge is 0.254 e. The number of hydrogen-bond acceptors (Lipinski definition) is 5. The Morgan fingerprint density at radius 1 is 1.09 bits per heavy atom. The first-order chi connectivity index (χ1) is 15.6. The van der Waals surface area contributed by atoms with E-state index in [1.807, 2.05) is 30.5 Å². The van der Waals surface area contributed by atoms with Crippen LogP contribution in [0.1, 0.15) is 30.6 Å². The van der Waals surface area contributed by atoms with Crippen molar-refractivity contribution in [1.82, 2.24) is 9.21 Å². The number of nitrogens with zero attached hydrogens (tertiary/aromatic N) is 2. The second-order valence-electron chi connectivity index (χ2n) is 8.71. The van der Waals surface area contributed by atoms with Crippen LogP contribution < -0.4 is 5.32 Å². The van der Waals surface area contributed by atoms with E-state index in [1.165, 1.54) is 40.1 Å². The Labute approximate surface area is 200 Å². The van der Waals surface area contributed by atoms with Gasteiger partial charge in [0.1, 0.15) is 0 Å². The molecule has 1 N–H and O–H groups in total. The number of hydrogen-bond donors (Lipinski definition) is 1. The molecular weight excluding hydrogens is 458 g/mol. The van der Waals surface area contributed by atoms with Gasteiger partial charge in [0.25, 0.3) is 5.91 Å². The Balaban J connectivity index is 1.71. The molecule has 1 fully saturated rings. The lowest BCUT2D eigenvalue weighted by atomic mass is 9.94. The zero-order valence-corrected chi connectivity index (χ0v) is 21.1. The summed E-state index contributed by atoms with van der Waals surface area (Å²) >= 11 is 1.52. The van der Waals surface area contributed by atoms with Crippen molar-refractivity contribution in [2.75, 3.05) is 38.3 Å². The molecule has 2 atom stereocenters. The summed E-state index contributed by atoms with van der Waals surface area (Å²) in [5.74, 6) is -0.170. The molecule has 2 aromatic carbocycles. The molecule has 2 unspecified atom stereocenters. The number of benzene rings is 2. The number of amides is 2. The van der Waals surface area contributed by atoms with Crippen LogP contribution in [0.2, 0.25) is 0 Å². The molecular formula is C24H31N3O4S2. The van der Waals surface area contributed by atoms with Crippen LogP contribution in [0, 0.1) is 11.8 Å². The van der Waals surface area contributed by atoms with E-state index in [2.05, 4.69) is 19.2 Å². The van der Waals surface area contributed by atoms with Gasteiger partial charge in [-0.1, -0.05) is 32.0 Å². The molecule has 0 radical (unpaired) electrons. The summed E-state index contributed by atoms with van der Waals surface area (Å²) in [5, 5.41) is 2.83. The monoisotopic (exact) mass is 489 g/mol. The Morgan fingerprint density at radius 2 is 1.76 bits per heavy atom. The summed E-state index contributed by atoms with van der Waals surface area (Å²) in [6.07, 6.45) is 2.92. The van der Waals surface area contributed by atoms with Gasteiger partial charge in [-0.2, -0.15) is 4.31 Å². The number of likely N-dealkylation sites (N-methyl/N-ethyl adjacent to an activating group) is 1. The van der Waals surface area contributed by atoms with E-state index in [0.29, 0.717) is 18.8 Å². The van der Waals surface area contributed by atoms with Crippen molar-refractivity contribution >= 4 is 39.3 Å². The molecule has 1 saturated heterocycles. The van der Waals surface area contributed by atoms with Gasteiger partial charge in [-0.3, -0.25) is 9.59 Å². The number of thioether (sulfide) groups is 1. The van der Waals surface area contributed by atoms with Gasteiger partial charge in [0.05, 0.1) is 17.1 Å². The molecule has 9 heteroatoms. The zero-order valence-electron chi connectivity index (χ0n) is 19.4. The number of para-hydroxylation sites is 1. The number of carbonyl (C=O) groups excluding carboxylic acids is 2. The maximum atomic E-state index is 13.2. The van der Waals surface area contributed by atoms with Crippen molar-refractivity contribution in [3.8, 4) is 0 Å². The average Bonchev–Trinajstić information content (AvgIpc) is 2.78. The van der Waals surface area contributed by atoms with Crippen LogP contribution >= 0.6 is 11.8 Å². The van der Waals surface area contributed by atoms with Crippen molar-refractivity contribution in [2.24, 2.45) is 11.8 Å². The van der Waals surface area contributed by atoms with Crippen molar-refractivity contribution in [3.05, 3.63) is 54.1 Å². The van der Waals surface area contributed by atoms with Crippen LogP contribution in [0.3, 0.4) is 0 Å². The normalized spacial score (nSPS) is 19.2. The van der Waals surface area contributed by atoms with Gasteiger partial charge in [-0.05, 0) is 54.8 Å². The van der Waals surface area contributed by atoms with Crippen molar-refractivity contribution in [2.45, 2.75) is 30.1 Å². The summed E-state index contributed by atoms with van der Waals surface area (Å²) in [6, 6.07) is 13.5. The van der Waals surface area contributed by atoms with Gasteiger partial charge >= 0.3 is 0 Å². The summed E-state index contributed by atoms with van der Waals surface area (Å²) in [4.78, 5) is 27.8. The van der Waals surface area contributed by atoms with Crippen molar-refractivity contribution in [3.63, 3.8) is 0 Å². The summed E-state index contributed by atoms with van der Waals surface area (Å²) < 4.78 is 27.9. The molecule has 0 spiro atoms. The third kappa shape index (κ3) is 6.16. The first-order valence-corrected chi connectivity index (χ1v) is 13.6. The summed E-state index contributed by atoms with van der Waals surface area (Å²) in [5.41, 5.74) is 0.919. The van der Waals surface area contributed by atoms with Gasteiger partial charge in [-0.25, -0.2) is 8.42 Å². The molecule has 33 heavy (non-hydrogen) atoms. The number of rotatable bonds is 7. The topological polar surface area (TPSA) is 86.8 Å². The van der Waals surface area contributed by atoms with Gasteiger partial charge in [0, 0.05) is 30.6 Å². The molecule has 3 rings (SSSR count). The third-order valence-corrected chi connectivity index (χ3v) is 8.29. The van der Waals surface area contributed by atoms with Gasteiger partial charge in [0.2, 0.25) is 15.9 Å². The molecule has 0 bridgehead atoms. The number of piperidine rings is 1.